The van der Waals surface area contributed by atoms with Gasteiger partial charge in [0.25, 0.3) is 0 Å². The summed E-state index contributed by atoms with van der Waals surface area (Å²) in [5.74, 6) is 0.352. The highest BCUT2D eigenvalue weighted by Crippen LogP contribution is 2.06. The van der Waals surface area contributed by atoms with Crippen molar-refractivity contribution >= 4 is 18.5 Å². The molecule has 0 saturated carbocycles. The minimum Gasteiger partial charge on any atom is -0.353 e. The van der Waals surface area contributed by atoms with Gasteiger partial charge in [-0.25, -0.2) is 0 Å². The van der Waals surface area contributed by atoms with E-state index in [0.29, 0.717) is 11.8 Å². The molecule has 1 amide bonds. The van der Waals surface area contributed by atoms with Crippen molar-refractivity contribution in [1.82, 2.24) is 5.32 Å². The van der Waals surface area contributed by atoms with Crippen LogP contribution >= 0.6 is 12.6 Å². The van der Waals surface area contributed by atoms with E-state index in [1.807, 2.05) is 0 Å². The molecule has 78 valence electrons. The molecule has 0 spiro atoms. The molecule has 0 aromatic carbocycles. The first-order chi connectivity index (χ1) is 6.24. The lowest BCUT2D eigenvalue weighted by Crippen LogP contribution is -2.35. The molecule has 0 rings (SSSR count). The van der Waals surface area contributed by atoms with Gasteiger partial charge in [-0.2, -0.15) is 12.6 Å². The third-order valence-corrected chi connectivity index (χ3v) is 2.34. The van der Waals surface area contributed by atoms with Crippen LogP contribution in [0.25, 0.3) is 0 Å². The molecular weight excluding hydrogens is 182 g/mol. The Morgan fingerprint density at radius 1 is 1.31 bits per heavy atom. The normalized spacial score (nSPS) is 12.5. The van der Waals surface area contributed by atoms with Crippen LogP contribution in [0, 0.1) is 0 Å². The Morgan fingerprint density at radius 2 is 2.00 bits per heavy atom. The zero-order valence-electron chi connectivity index (χ0n) is 8.68. The monoisotopic (exact) mass is 203 g/mol. The third kappa shape index (κ3) is 6.94. The van der Waals surface area contributed by atoms with Crippen LogP contribution in [0.3, 0.4) is 0 Å². The van der Waals surface area contributed by atoms with Crippen LogP contribution in [0.4, 0.5) is 0 Å². The van der Waals surface area contributed by atoms with Crippen molar-refractivity contribution in [3.63, 3.8) is 0 Å². The summed E-state index contributed by atoms with van der Waals surface area (Å²) in [5, 5.41) is 2.99. The zero-order valence-corrected chi connectivity index (χ0v) is 9.57. The summed E-state index contributed by atoms with van der Waals surface area (Å²) < 4.78 is 0. The number of amides is 1. The quantitative estimate of drug-likeness (QED) is 0.611. The summed E-state index contributed by atoms with van der Waals surface area (Å²) >= 11 is 3.94. The summed E-state index contributed by atoms with van der Waals surface area (Å²) in [6, 6.07) is 0.365. The van der Waals surface area contributed by atoms with Crippen molar-refractivity contribution in [1.29, 1.82) is 0 Å². The van der Waals surface area contributed by atoms with Crippen molar-refractivity contribution in [2.45, 2.75) is 52.0 Å². The predicted molar refractivity (Wildman–Crippen MR) is 60.2 cm³/mol. The molecular formula is C10H21NOS. The molecule has 13 heavy (non-hydrogen) atoms. The van der Waals surface area contributed by atoms with Crippen LogP contribution in [0.15, 0.2) is 0 Å². The van der Waals surface area contributed by atoms with Crippen LogP contribution < -0.4 is 5.32 Å². The van der Waals surface area contributed by atoms with Crippen molar-refractivity contribution in [2.24, 2.45) is 0 Å². The molecule has 0 aromatic rings. The van der Waals surface area contributed by atoms with E-state index in [9.17, 15) is 4.79 Å². The number of hydrogen-bond acceptors (Lipinski definition) is 2. The molecule has 0 aromatic heterocycles. The third-order valence-electron chi connectivity index (χ3n) is 2.05. The Balaban J connectivity index is 3.71. The second-order valence-corrected chi connectivity index (χ2v) is 3.67. The Morgan fingerprint density at radius 3 is 2.46 bits per heavy atom. The van der Waals surface area contributed by atoms with Gasteiger partial charge < -0.3 is 5.32 Å². The number of nitrogens with one attached hydrogen (secondary N) is 1. The minimum atomic E-state index is 0.0536. The molecule has 0 saturated heterocycles. The Kier molecular flexibility index (Phi) is 8.30. The van der Waals surface area contributed by atoms with Crippen LogP contribution in [0.5, 0.6) is 0 Å². The first-order valence-corrected chi connectivity index (χ1v) is 5.78. The van der Waals surface area contributed by atoms with Crippen molar-refractivity contribution in [3.8, 4) is 0 Å². The molecule has 1 unspecified atom stereocenters. The molecule has 0 fully saturated rings. The topological polar surface area (TPSA) is 29.1 Å². The standard InChI is InChI=1S/C10H21NOS/c1-3-5-7-9(6-4-2)11-10(12)8-13/h9,13H,3-8H2,1-2H3,(H,11,12). The van der Waals surface area contributed by atoms with E-state index in [-0.39, 0.29) is 5.91 Å². The SMILES string of the molecule is CCCCC(CCC)NC(=O)CS. The Labute approximate surface area is 86.9 Å². The highest BCUT2D eigenvalue weighted by atomic mass is 32.1. The minimum absolute atomic E-state index is 0.0536. The van der Waals surface area contributed by atoms with Gasteiger partial charge in [-0.3, -0.25) is 4.79 Å². The van der Waals surface area contributed by atoms with Gasteiger partial charge in [0.15, 0.2) is 0 Å². The van der Waals surface area contributed by atoms with Gasteiger partial charge in [0.2, 0.25) is 5.91 Å². The molecule has 3 heteroatoms. The predicted octanol–water partition coefficient (Wildman–Crippen LogP) is 2.39. The summed E-state index contributed by atoms with van der Waals surface area (Å²) in [6.45, 7) is 4.31. The largest absolute Gasteiger partial charge is 0.353 e. The lowest BCUT2D eigenvalue weighted by Gasteiger charge is -2.16. The fraction of sp³-hybridized carbons (Fsp3) is 0.900. The molecule has 0 aliphatic heterocycles. The van der Waals surface area contributed by atoms with E-state index < -0.39 is 0 Å². The summed E-state index contributed by atoms with van der Waals surface area (Å²) in [4.78, 5) is 11.1. The average molecular weight is 203 g/mol. The fourth-order valence-electron chi connectivity index (χ4n) is 1.36. The smallest absolute Gasteiger partial charge is 0.229 e. The van der Waals surface area contributed by atoms with E-state index in [2.05, 4.69) is 31.8 Å². The second-order valence-electron chi connectivity index (χ2n) is 3.35. The number of carbonyl (C=O) groups is 1. The van der Waals surface area contributed by atoms with E-state index in [4.69, 9.17) is 0 Å². The highest BCUT2D eigenvalue weighted by molar-refractivity contribution is 7.81. The van der Waals surface area contributed by atoms with Gasteiger partial charge in [0.05, 0.1) is 5.75 Å². The molecule has 1 N–H and O–H groups in total. The van der Waals surface area contributed by atoms with Gasteiger partial charge in [-0.1, -0.05) is 33.1 Å². The lowest BCUT2D eigenvalue weighted by atomic mass is 10.1. The van der Waals surface area contributed by atoms with E-state index >= 15 is 0 Å². The second kappa shape index (κ2) is 8.42. The van der Waals surface area contributed by atoms with Gasteiger partial charge in [0.1, 0.15) is 0 Å². The maximum atomic E-state index is 11.1. The van der Waals surface area contributed by atoms with Crippen LogP contribution in [0.2, 0.25) is 0 Å². The van der Waals surface area contributed by atoms with Crippen molar-refractivity contribution in [2.75, 3.05) is 5.75 Å². The molecule has 0 bridgehead atoms. The molecule has 0 radical (unpaired) electrons. The highest BCUT2D eigenvalue weighted by Gasteiger charge is 2.08. The van der Waals surface area contributed by atoms with Crippen LogP contribution in [-0.4, -0.2) is 17.7 Å². The number of hydrogen-bond donors (Lipinski definition) is 2. The first kappa shape index (κ1) is 12.8. The number of unbranched alkanes of at least 4 members (excludes halogenated alkanes) is 1. The van der Waals surface area contributed by atoms with Crippen LogP contribution in [0.1, 0.15) is 46.0 Å². The Bertz CT molecular complexity index is 139. The summed E-state index contributed by atoms with van der Waals surface area (Å²) in [5.41, 5.74) is 0. The maximum absolute atomic E-state index is 11.1. The van der Waals surface area contributed by atoms with Crippen LogP contribution in [-0.2, 0) is 4.79 Å². The van der Waals surface area contributed by atoms with E-state index in [1.54, 1.807) is 0 Å². The summed E-state index contributed by atoms with van der Waals surface area (Å²) in [7, 11) is 0. The molecule has 2 nitrogen and oxygen atoms in total. The van der Waals surface area contributed by atoms with E-state index in [1.165, 1.54) is 12.8 Å². The first-order valence-electron chi connectivity index (χ1n) is 5.14. The van der Waals surface area contributed by atoms with Gasteiger partial charge in [0, 0.05) is 6.04 Å². The molecule has 1 atom stereocenters. The summed E-state index contributed by atoms with van der Waals surface area (Å²) in [6.07, 6.45) is 5.69. The number of rotatable bonds is 7. The molecule has 0 aliphatic carbocycles. The maximum Gasteiger partial charge on any atom is 0.229 e. The fourth-order valence-corrected chi connectivity index (χ4v) is 1.45. The van der Waals surface area contributed by atoms with Gasteiger partial charge >= 0.3 is 0 Å². The van der Waals surface area contributed by atoms with Crippen molar-refractivity contribution < 1.29 is 4.79 Å². The zero-order chi connectivity index (χ0) is 10.1. The van der Waals surface area contributed by atoms with Gasteiger partial charge in [-0.05, 0) is 12.8 Å². The lowest BCUT2D eigenvalue weighted by molar-refractivity contribution is -0.119. The number of thiol groups is 1. The Hall–Kier alpha value is -0.180. The van der Waals surface area contributed by atoms with Gasteiger partial charge in [-0.15, -0.1) is 0 Å². The molecule has 0 aliphatic rings. The van der Waals surface area contributed by atoms with E-state index in [0.717, 1.165) is 19.3 Å². The van der Waals surface area contributed by atoms with Crippen molar-refractivity contribution in [3.05, 3.63) is 0 Å². The average Bonchev–Trinajstić information content (AvgIpc) is 2.14. The number of carbonyl (C=O) groups excluding carboxylic acids is 1. The molecule has 0 heterocycles.